The predicted octanol–water partition coefficient (Wildman–Crippen LogP) is 9.02. The summed E-state index contributed by atoms with van der Waals surface area (Å²) in [6.45, 7) is 5.55. The third-order valence-electron chi connectivity index (χ3n) is 6.19. The molecule has 0 aromatic heterocycles. The molecule has 0 saturated carbocycles. The minimum atomic E-state index is -0.451. The Kier molecular flexibility index (Phi) is 12.0. The van der Waals surface area contributed by atoms with Crippen molar-refractivity contribution in [3.8, 4) is 28.4 Å². The molecular weight excluding hydrogens is 467 g/mol. The summed E-state index contributed by atoms with van der Waals surface area (Å²) in [6, 6.07) is 19.0. The fourth-order valence-electron chi connectivity index (χ4n) is 3.97. The van der Waals surface area contributed by atoms with Gasteiger partial charge >= 0.3 is 5.97 Å². The number of rotatable bonds is 16. The van der Waals surface area contributed by atoms with Crippen LogP contribution in [-0.4, -0.2) is 19.2 Å². The Balaban J connectivity index is 1.49. The molecule has 0 atom stereocenters. The zero-order valence-corrected chi connectivity index (χ0v) is 22.1. The molecule has 37 heavy (non-hydrogen) atoms. The molecule has 3 rings (SSSR count). The van der Waals surface area contributed by atoms with Crippen molar-refractivity contribution in [3.05, 3.63) is 78.1 Å². The molecular formula is C32H39FO4. The van der Waals surface area contributed by atoms with E-state index in [1.165, 1.54) is 31.7 Å². The Morgan fingerprint density at radius 3 is 1.92 bits per heavy atom. The van der Waals surface area contributed by atoms with Gasteiger partial charge in [-0.1, -0.05) is 77.0 Å². The van der Waals surface area contributed by atoms with Crippen LogP contribution in [0.2, 0.25) is 0 Å². The summed E-state index contributed by atoms with van der Waals surface area (Å²) in [5, 5.41) is 0. The molecule has 3 aromatic carbocycles. The minimum Gasteiger partial charge on any atom is -0.494 e. The Morgan fingerprint density at radius 2 is 1.22 bits per heavy atom. The molecule has 0 radical (unpaired) electrons. The van der Waals surface area contributed by atoms with Crippen LogP contribution in [0.25, 0.3) is 11.1 Å². The first-order chi connectivity index (χ1) is 18.1. The Bertz CT molecular complexity index is 1080. The van der Waals surface area contributed by atoms with Gasteiger partial charge in [0.15, 0.2) is 11.6 Å². The Labute approximate surface area is 220 Å². The molecule has 0 heterocycles. The number of benzene rings is 3. The number of ether oxygens (including phenoxy) is 3. The first kappa shape index (κ1) is 28.2. The van der Waals surface area contributed by atoms with Gasteiger partial charge in [0.25, 0.3) is 0 Å². The monoisotopic (exact) mass is 506 g/mol. The van der Waals surface area contributed by atoms with Crippen LogP contribution in [0.15, 0.2) is 66.7 Å². The van der Waals surface area contributed by atoms with Crippen LogP contribution in [-0.2, 0) is 0 Å². The van der Waals surface area contributed by atoms with Gasteiger partial charge in [0.2, 0.25) is 0 Å². The van der Waals surface area contributed by atoms with E-state index in [-0.39, 0.29) is 11.6 Å². The molecule has 3 aromatic rings. The van der Waals surface area contributed by atoms with Crippen LogP contribution < -0.4 is 14.2 Å². The molecule has 0 aliphatic rings. The van der Waals surface area contributed by atoms with Gasteiger partial charge in [0, 0.05) is 0 Å². The largest absolute Gasteiger partial charge is 0.494 e. The second kappa shape index (κ2) is 15.7. The van der Waals surface area contributed by atoms with Gasteiger partial charge in [-0.2, -0.15) is 0 Å². The molecule has 198 valence electrons. The van der Waals surface area contributed by atoms with E-state index in [2.05, 4.69) is 13.8 Å². The van der Waals surface area contributed by atoms with E-state index >= 15 is 0 Å². The molecule has 0 saturated heterocycles. The number of esters is 1. The van der Waals surface area contributed by atoms with E-state index in [1.807, 2.05) is 6.07 Å². The van der Waals surface area contributed by atoms with Gasteiger partial charge in [0.1, 0.15) is 11.5 Å². The van der Waals surface area contributed by atoms with E-state index < -0.39 is 5.97 Å². The number of hydrogen-bond acceptors (Lipinski definition) is 4. The summed E-state index contributed by atoms with van der Waals surface area (Å²) in [5.74, 6) is 0.646. The fraction of sp³-hybridized carbons (Fsp3) is 0.406. The van der Waals surface area contributed by atoms with Crippen molar-refractivity contribution in [1.29, 1.82) is 0 Å². The number of unbranched alkanes of at least 4 members (excludes halogenated alkanes) is 7. The van der Waals surface area contributed by atoms with Crippen molar-refractivity contribution in [3.63, 3.8) is 0 Å². The van der Waals surface area contributed by atoms with Crippen LogP contribution in [0.4, 0.5) is 4.39 Å². The third kappa shape index (κ3) is 9.56. The number of carbonyl (C=O) groups is 1. The van der Waals surface area contributed by atoms with Crippen molar-refractivity contribution in [2.45, 2.75) is 71.6 Å². The maximum absolute atomic E-state index is 14.6. The molecule has 0 spiro atoms. The molecule has 0 N–H and O–H groups in total. The van der Waals surface area contributed by atoms with E-state index in [0.717, 1.165) is 49.0 Å². The normalized spacial score (nSPS) is 10.8. The Hall–Kier alpha value is -3.34. The lowest BCUT2D eigenvalue weighted by atomic mass is 10.0. The van der Waals surface area contributed by atoms with Crippen molar-refractivity contribution in [1.82, 2.24) is 0 Å². The lowest BCUT2D eigenvalue weighted by Gasteiger charge is -2.10. The van der Waals surface area contributed by atoms with Gasteiger partial charge in [-0.05, 0) is 72.5 Å². The van der Waals surface area contributed by atoms with Gasteiger partial charge in [-0.15, -0.1) is 0 Å². The zero-order valence-electron chi connectivity index (χ0n) is 22.1. The number of carbonyl (C=O) groups excluding carboxylic acids is 1. The molecule has 0 fully saturated rings. The predicted molar refractivity (Wildman–Crippen MR) is 147 cm³/mol. The summed E-state index contributed by atoms with van der Waals surface area (Å²) in [6.07, 6.45) is 10.3. The van der Waals surface area contributed by atoms with Gasteiger partial charge in [0.05, 0.1) is 18.8 Å². The van der Waals surface area contributed by atoms with Gasteiger partial charge in [-0.25, -0.2) is 9.18 Å². The van der Waals surface area contributed by atoms with Crippen LogP contribution in [0, 0.1) is 5.82 Å². The minimum absolute atomic E-state index is 0.273. The van der Waals surface area contributed by atoms with Crippen LogP contribution >= 0.6 is 0 Å². The number of halogens is 1. The van der Waals surface area contributed by atoms with E-state index in [9.17, 15) is 9.18 Å². The number of hydrogen-bond donors (Lipinski definition) is 0. The molecule has 5 heteroatoms. The molecule has 0 aliphatic heterocycles. The molecule has 0 aliphatic carbocycles. The quantitative estimate of drug-likeness (QED) is 0.110. The lowest BCUT2D eigenvalue weighted by Crippen LogP contribution is -2.08. The van der Waals surface area contributed by atoms with Gasteiger partial charge < -0.3 is 14.2 Å². The maximum Gasteiger partial charge on any atom is 0.343 e. The van der Waals surface area contributed by atoms with E-state index in [1.54, 1.807) is 54.6 Å². The fourth-order valence-corrected chi connectivity index (χ4v) is 3.97. The summed E-state index contributed by atoms with van der Waals surface area (Å²) in [5.41, 5.74) is 1.95. The summed E-state index contributed by atoms with van der Waals surface area (Å²) in [7, 11) is 0. The van der Waals surface area contributed by atoms with Crippen molar-refractivity contribution in [2.75, 3.05) is 13.2 Å². The maximum atomic E-state index is 14.6. The summed E-state index contributed by atoms with van der Waals surface area (Å²) >= 11 is 0. The van der Waals surface area contributed by atoms with Crippen molar-refractivity contribution in [2.24, 2.45) is 0 Å². The molecule has 0 amide bonds. The van der Waals surface area contributed by atoms with E-state index in [4.69, 9.17) is 14.2 Å². The first-order valence-corrected chi connectivity index (χ1v) is 13.6. The molecule has 0 unspecified atom stereocenters. The second-order valence-corrected chi connectivity index (χ2v) is 9.26. The van der Waals surface area contributed by atoms with Crippen molar-refractivity contribution < 1.29 is 23.4 Å². The second-order valence-electron chi connectivity index (χ2n) is 9.26. The van der Waals surface area contributed by atoms with Gasteiger partial charge in [-0.3, -0.25) is 0 Å². The molecule has 0 bridgehead atoms. The van der Waals surface area contributed by atoms with Crippen LogP contribution in [0.1, 0.15) is 82.0 Å². The van der Waals surface area contributed by atoms with Crippen LogP contribution in [0.5, 0.6) is 17.2 Å². The van der Waals surface area contributed by atoms with Crippen LogP contribution in [0.3, 0.4) is 0 Å². The first-order valence-electron chi connectivity index (χ1n) is 13.6. The third-order valence-corrected chi connectivity index (χ3v) is 6.19. The van der Waals surface area contributed by atoms with E-state index in [0.29, 0.717) is 24.5 Å². The smallest absolute Gasteiger partial charge is 0.343 e. The SMILES string of the molecule is CCCCCCCCOc1ccc(-c2ccc(C(=O)Oc3ccc(OCCCCC)cc3)cc2)cc1F. The topological polar surface area (TPSA) is 44.8 Å². The average molecular weight is 507 g/mol. The lowest BCUT2D eigenvalue weighted by molar-refractivity contribution is 0.0734. The average Bonchev–Trinajstić information content (AvgIpc) is 2.92. The Morgan fingerprint density at radius 1 is 0.649 bits per heavy atom. The highest BCUT2D eigenvalue weighted by Gasteiger charge is 2.11. The highest BCUT2D eigenvalue weighted by molar-refractivity contribution is 5.91. The standard InChI is InChI=1S/C32H39FO4/c1-3-5-7-8-9-11-23-36-31-21-16-27(24-30(31)33)25-12-14-26(15-13-25)32(34)37-29-19-17-28(18-20-29)35-22-10-6-4-2/h12-21,24H,3-11,22-23H2,1-2H3. The summed E-state index contributed by atoms with van der Waals surface area (Å²) < 4.78 is 31.4. The molecule has 4 nitrogen and oxygen atoms in total. The highest BCUT2D eigenvalue weighted by Crippen LogP contribution is 2.27. The zero-order chi connectivity index (χ0) is 26.3. The summed E-state index contributed by atoms with van der Waals surface area (Å²) in [4.78, 5) is 12.6. The van der Waals surface area contributed by atoms with Crippen molar-refractivity contribution >= 4 is 5.97 Å². The highest BCUT2D eigenvalue weighted by atomic mass is 19.1.